The molecule has 0 saturated carbocycles. The van der Waals surface area contributed by atoms with Crippen LogP contribution in [-0.2, 0) is 0 Å². The number of aromatic nitrogens is 2. The molecule has 0 saturated heterocycles. The zero-order chi connectivity index (χ0) is 12.4. The lowest BCUT2D eigenvalue weighted by atomic mass is 10.2. The molecule has 1 heterocycles. The molecule has 0 aliphatic rings. The lowest BCUT2D eigenvalue weighted by Gasteiger charge is -2.08. The maximum Gasteiger partial charge on any atom is 0.260 e. The summed E-state index contributed by atoms with van der Waals surface area (Å²) in [6, 6.07) is 3.87. The van der Waals surface area contributed by atoms with Gasteiger partial charge in [0.1, 0.15) is 11.6 Å². The largest absolute Gasteiger partial charge is 0.436 e. The van der Waals surface area contributed by atoms with Gasteiger partial charge in [-0.1, -0.05) is 0 Å². The number of hydrogen-bond acceptors (Lipinski definition) is 3. The molecule has 88 valence electrons. The molecular weight excluding hydrogens is 250 g/mol. The van der Waals surface area contributed by atoms with Gasteiger partial charge in [-0.3, -0.25) is 0 Å². The first-order chi connectivity index (χ1) is 8.06. The fraction of sp³-hybridized carbons (Fsp3) is 0.0909. The molecule has 17 heavy (non-hydrogen) atoms. The predicted octanol–water partition coefficient (Wildman–Crippen LogP) is 3.51. The highest BCUT2D eigenvalue weighted by molar-refractivity contribution is 6.28. The maximum absolute atomic E-state index is 13.3. The van der Waals surface area contributed by atoms with E-state index in [0.29, 0.717) is 11.3 Å². The topological polar surface area (TPSA) is 35.0 Å². The van der Waals surface area contributed by atoms with Gasteiger partial charge in [-0.05, 0) is 42.3 Å². The van der Waals surface area contributed by atoms with Crippen LogP contribution in [0, 0.1) is 18.6 Å². The van der Waals surface area contributed by atoms with E-state index in [1.165, 1.54) is 18.2 Å². The fourth-order valence-electron chi connectivity index (χ4n) is 1.23. The van der Waals surface area contributed by atoms with Crippen LogP contribution in [0.15, 0.2) is 24.4 Å². The first-order valence-electron chi connectivity index (χ1n) is 4.68. The summed E-state index contributed by atoms with van der Waals surface area (Å²) in [5.74, 6) is -1.12. The number of rotatable bonds is 2. The lowest BCUT2D eigenvalue weighted by Crippen LogP contribution is -1.96. The normalized spacial score (nSPS) is 10.4. The molecule has 2 rings (SSSR count). The van der Waals surface area contributed by atoms with E-state index < -0.39 is 11.6 Å². The molecule has 0 radical (unpaired) electrons. The quantitative estimate of drug-likeness (QED) is 0.771. The highest BCUT2D eigenvalue weighted by atomic mass is 35.5. The second-order valence-corrected chi connectivity index (χ2v) is 3.64. The van der Waals surface area contributed by atoms with Gasteiger partial charge in [0.15, 0.2) is 0 Å². The maximum atomic E-state index is 13.3. The van der Waals surface area contributed by atoms with Crippen molar-refractivity contribution in [2.45, 2.75) is 6.92 Å². The van der Waals surface area contributed by atoms with Crippen molar-refractivity contribution in [3.05, 3.63) is 46.9 Å². The van der Waals surface area contributed by atoms with E-state index in [0.717, 1.165) is 6.20 Å². The number of nitrogens with zero attached hydrogens (tertiary/aromatic N) is 2. The molecule has 0 amide bonds. The molecular formula is C11H7ClF2N2O. The molecule has 0 bridgehead atoms. The van der Waals surface area contributed by atoms with Gasteiger partial charge in [0.2, 0.25) is 11.1 Å². The molecule has 0 atom stereocenters. The Morgan fingerprint density at radius 2 is 2.06 bits per heavy atom. The van der Waals surface area contributed by atoms with Crippen molar-refractivity contribution in [2.75, 3.05) is 0 Å². The molecule has 2 aromatic rings. The standard InChI is InChI=1S/C11H7ClF2N2O/c1-6-4-7(13)2-3-9(6)17-10-8(14)5-15-11(12)16-10/h2-5H,1H3. The molecule has 0 fully saturated rings. The molecule has 1 aromatic heterocycles. The Morgan fingerprint density at radius 3 is 2.76 bits per heavy atom. The Kier molecular flexibility index (Phi) is 3.19. The van der Waals surface area contributed by atoms with E-state index in [-0.39, 0.29) is 11.2 Å². The van der Waals surface area contributed by atoms with Crippen LogP contribution in [0.5, 0.6) is 11.6 Å². The summed E-state index contributed by atoms with van der Waals surface area (Å²) in [5, 5.41) is -0.124. The highest BCUT2D eigenvalue weighted by Crippen LogP contribution is 2.26. The van der Waals surface area contributed by atoms with Crippen molar-refractivity contribution < 1.29 is 13.5 Å². The molecule has 6 heteroatoms. The van der Waals surface area contributed by atoms with Gasteiger partial charge in [-0.2, -0.15) is 9.37 Å². The van der Waals surface area contributed by atoms with E-state index in [1.54, 1.807) is 6.92 Å². The summed E-state index contributed by atoms with van der Waals surface area (Å²) in [7, 11) is 0. The highest BCUT2D eigenvalue weighted by Gasteiger charge is 2.10. The van der Waals surface area contributed by atoms with Gasteiger partial charge >= 0.3 is 0 Å². The van der Waals surface area contributed by atoms with Crippen molar-refractivity contribution in [3.8, 4) is 11.6 Å². The monoisotopic (exact) mass is 256 g/mol. The van der Waals surface area contributed by atoms with Crippen LogP contribution in [0.25, 0.3) is 0 Å². The number of halogens is 3. The number of hydrogen-bond donors (Lipinski definition) is 0. The Labute approximate surface area is 101 Å². The number of aryl methyl sites for hydroxylation is 1. The first-order valence-corrected chi connectivity index (χ1v) is 5.06. The summed E-state index contributed by atoms with van der Waals surface area (Å²) >= 11 is 5.52. The van der Waals surface area contributed by atoms with Crippen LogP contribution in [0.3, 0.4) is 0 Å². The van der Waals surface area contributed by atoms with E-state index in [4.69, 9.17) is 16.3 Å². The van der Waals surface area contributed by atoms with Crippen molar-refractivity contribution >= 4 is 11.6 Å². The third-order valence-corrected chi connectivity index (χ3v) is 2.21. The van der Waals surface area contributed by atoms with Crippen LogP contribution >= 0.6 is 11.6 Å². The average molecular weight is 257 g/mol. The van der Waals surface area contributed by atoms with E-state index >= 15 is 0 Å². The SMILES string of the molecule is Cc1cc(F)ccc1Oc1nc(Cl)ncc1F. The molecule has 0 N–H and O–H groups in total. The van der Waals surface area contributed by atoms with E-state index in [2.05, 4.69) is 9.97 Å². The van der Waals surface area contributed by atoms with Crippen LogP contribution < -0.4 is 4.74 Å². The van der Waals surface area contributed by atoms with Gasteiger partial charge < -0.3 is 4.74 Å². The van der Waals surface area contributed by atoms with Gasteiger partial charge in [-0.25, -0.2) is 9.37 Å². The Morgan fingerprint density at radius 1 is 1.29 bits per heavy atom. The van der Waals surface area contributed by atoms with E-state index in [1.807, 2.05) is 0 Å². The molecule has 0 unspecified atom stereocenters. The van der Waals surface area contributed by atoms with Gasteiger partial charge in [0.25, 0.3) is 5.88 Å². The summed E-state index contributed by atoms with van der Waals surface area (Å²) < 4.78 is 31.3. The third-order valence-electron chi connectivity index (χ3n) is 2.03. The molecule has 0 aliphatic heterocycles. The van der Waals surface area contributed by atoms with Crippen LogP contribution in [0.1, 0.15) is 5.56 Å². The Bertz CT molecular complexity index is 563. The second-order valence-electron chi connectivity index (χ2n) is 3.30. The minimum absolute atomic E-state index is 0.124. The first kappa shape index (κ1) is 11.7. The second kappa shape index (κ2) is 4.63. The third kappa shape index (κ3) is 2.68. The number of ether oxygens (including phenoxy) is 1. The summed E-state index contributed by atoms with van der Waals surface area (Å²) in [6.45, 7) is 1.64. The fourth-order valence-corrected chi connectivity index (χ4v) is 1.36. The Hall–Kier alpha value is -1.75. The average Bonchev–Trinajstić information content (AvgIpc) is 2.27. The summed E-state index contributed by atoms with van der Waals surface area (Å²) in [4.78, 5) is 7.05. The summed E-state index contributed by atoms with van der Waals surface area (Å²) in [6.07, 6.45) is 0.906. The lowest BCUT2D eigenvalue weighted by molar-refractivity contribution is 0.416. The van der Waals surface area contributed by atoms with Crippen molar-refractivity contribution in [1.29, 1.82) is 0 Å². The Balaban J connectivity index is 2.34. The minimum Gasteiger partial charge on any atom is -0.436 e. The van der Waals surface area contributed by atoms with Crippen molar-refractivity contribution in [1.82, 2.24) is 9.97 Å². The smallest absolute Gasteiger partial charge is 0.260 e. The zero-order valence-corrected chi connectivity index (χ0v) is 9.50. The van der Waals surface area contributed by atoms with Crippen molar-refractivity contribution in [2.24, 2.45) is 0 Å². The summed E-state index contributed by atoms with van der Waals surface area (Å²) in [5.41, 5.74) is 0.527. The molecule has 1 aromatic carbocycles. The zero-order valence-electron chi connectivity index (χ0n) is 8.75. The van der Waals surface area contributed by atoms with Crippen LogP contribution in [0.2, 0.25) is 5.28 Å². The van der Waals surface area contributed by atoms with Crippen LogP contribution in [-0.4, -0.2) is 9.97 Å². The van der Waals surface area contributed by atoms with Crippen LogP contribution in [0.4, 0.5) is 8.78 Å². The van der Waals surface area contributed by atoms with Gasteiger partial charge in [-0.15, -0.1) is 0 Å². The molecule has 3 nitrogen and oxygen atoms in total. The van der Waals surface area contributed by atoms with Gasteiger partial charge in [0.05, 0.1) is 6.20 Å². The predicted molar refractivity (Wildman–Crippen MR) is 58.2 cm³/mol. The molecule has 0 spiro atoms. The van der Waals surface area contributed by atoms with E-state index in [9.17, 15) is 8.78 Å². The van der Waals surface area contributed by atoms with Crippen molar-refractivity contribution in [3.63, 3.8) is 0 Å². The molecule has 0 aliphatic carbocycles. The van der Waals surface area contributed by atoms with Gasteiger partial charge in [0, 0.05) is 0 Å². The minimum atomic E-state index is -0.738. The number of benzene rings is 1.